The van der Waals surface area contributed by atoms with Gasteiger partial charge in [0.05, 0.1) is 18.7 Å². The maximum absolute atomic E-state index is 5.09. The van der Waals surface area contributed by atoms with Crippen molar-refractivity contribution in [2.75, 3.05) is 13.7 Å². The molecule has 1 aromatic heterocycles. The average molecular weight is 222 g/mol. The minimum absolute atomic E-state index is 0.215. The van der Waals surface area contributed by atoms with Crippen molar-refractivity contribution in [1.82, 2.24) is 14.9 Å². The molecule has 5 heteroatoms. The van der Waals surface area contributed by atoms with Crippen LogP contribution in [0.1, 0.15) is 38.0 Å². The van der Waals surface area contributed by atoms with Gasteiger partial charge in [-0.3, -0.25) is 0 Å². The number of nitrogens with zero attached hydrogens (tertiary/aromatic N) is 3. The lowest BCUT2D eigenvalue weighted by Gasteiger charge is -2.20. The van der Waals surface area contributed by atoms with Crippen LogP contribution in [0.25, 0.3) is 0 Å². The van der Waals surface area contributed by atoms with Gasteiger partial charge in [-0.1, -0.05) is 0 Å². The second-order valence-corrected chi connectivity index (χ2v) is 4.21. The van der Waals surface area contributed by atoms with Gasteiger partial charge < -0.3 is 14.6 Å². The summed E-state index contributed by atoms with van der Waals surface area (Å²) < 4.78 is 7.18. The summed E-state index contributed by atoms with van der Waals surface area (Å²) in [5, 5.41) is 3.21. The maximum atomic E-state index is 5.09. The van der Waals surface area contributed by atoms with Crippen molar-refractivity contribution in [1.29, 1.82) is 0 Å². The number of methoxy groups -OCH3 is 1. The predicted octanol–water partition coefficient (Wildman–Crippen LogP) is 1.80. The molecular formula is C11H18N4O. The van der Waals surface area contributed by atoms with Gasteiger partial charge in [0.2, 0.25) is 0 Å². The lowest BCUT2D eigenvalue weighted by Crippen LogP contribution is -2.24. The van der Waals surface area contributed by atoms with E-state index in [-0.39, 0.29) is 6.04 Å². The summed E-state index contributed by atoms with van der Waals surface area (Å²) in [5.74, 6) is 0.967. The van der Waals surface area contributed by atoms with Crippen LogP contribution in [-0.2, 0) is 4.74 Å². The maximum Gasteiger partial charge on any atom is 0.159 e. The van der Waals surface area contributed by atoms with Gasteiger partial charge in [-0.25, -0.2) is 9.98 Å². The Hall–Kier alpha value is -1.36. The molecule has 88 valence electrons. The van der Waals surface area contributed by atoms with Crippen molar-refractivity contribution in [2.24, 2.45) is 4.99 Å². The smallest absolute Gasteiger partial charge is 0.159 e. The van der Waals surface area contributed by atoms with Crippen LogP contribution in [0.5, 0.6) is 0 Å². The molecule has 1 N–H and O–H groups in total. The van der Waals surface area contributed by atoms with Crippen LogP contribution < -0.4 is 5.32 Å². The molecular weight excluding hydrogens is 204 g/mol. The number of nitrogens with one attached hydrogen (secondary N) is 1. The standard InChI is InChI=1S/C11H18N4O/c1-8(2)15-7-14-10-9(4-5-16-3)12-6-13-11(10)15/h6-9H,4-5H2,1-3H3,(H,12,13). The van der Waals surface area contributed by atoms with Gasteiger partial charge in [0.15, 0.2) is 5.82 Å². The number of hydrogen-bond acceptors (Lipinski definition) is 4. The molecule has 1 aromatic rings. The number of rotatable bonds is 4. The molecule has 0 saturated heterocycles. The van der Waals surface area contributed by atoms with E-state index in [1.165, 1.54) is 0 Å². The molecule has 2 rings (SSSR count). The third-order valence-corrected chi connectivity index (χ3v) is 2.75. The van der Waals surface area contributed by atoms with E-state index in [1.807, 2.05) is 6.33 Å². The Morgan fingerprint density at radius 1 is 1.56 bits per heavy atom. The third-order valence-electron chi connectivity index (χ3n) is 2.75. The normalized spacial score (nSPS) is 18.6. The van der Waals surface area contributed by atoms with Crippen LogP contribution in [0.2, 0.25) is 0 Å². The highest BCUT2D eigenvalue weighted by atomic mass is 16.5. The van der Waals surface area contributed by atoms with Gasteiger partial charge in [0.1, 0.15) is 5.69 Å². The van der Waals surface area contributed by atoms with E-state index in [1.54, 1.807) is 13.4 Å². The molecule has 0 radical (unpaired) electrons. The van der Waals surface area contributed by atoms with Gasteiger partial charge in [0.25, 0.3) is 0 Å². The number of hydrogen-bond donors (Lipinski definition) is 1. The first kappa shape index (κ1) is 11.1. The average Bonchev–Trinajstić information content (AvgIpc) is 2.70. The molecule has 1 unspecified atom stereocenters. The molecule has 0 aromatic carbocycles. The second kappa shape index (κ2) is 4.65. The van der Waals surface area contributed by atoms with E-state index in [0.717, 1.165) is 24.5 Å². The Morgan fingerprint density at radius 3 is 3.06 bits per heavy atom. The van der Waals surface area contributed by atoms with Crippen molar-refractivity contribution >= 4 is 12.2 Å². The highest BCUT2D eigenvalue weighted by molar-refractivity contribution is 5.65. The minimum Gasteiger partial charge on any atom is -0.385 e. The molecule has 5 nitrogen and oxygen atoms in total. The van der Waals surface area contributed by atoms with Gasteiger partial charge >= 0.3 is 0 Å². The fraction of sp³-hybridized carbons (Fsp3) is 0.636. The van der Waals surface area contributed by atoms with Gasteiger partial charge in [-0.2, -0.15) is 0 Å². The van der Waals surface area contributed by atoms with E-state index < -0.39 is 0 Å². The number of ether oxygens (including phenoxy) is 1. The first-order valence-corrected chi connectivity index (χ1v) is 5.58. The highest BCUT2D eigenvalue weighted by Crippen LogP contribution is 2.30. The van der Waals surface area contributed by atoms with Crippen LogP contribution in [0, 0.1) is 0 Å². The zero-order chi connectivity index (χ0) is 11.5. The number of aromatic nitrogens is 2. The van der Waals surface area contributed by atoms with Crippen LogP contribution in [0.15, 0.2) is 11.3 Å². The first-order valence-electron chi connectivity index (χ1n) is 5.58. The molecule has 0 aliphatic carbocycles. The van der Waals surface area contributed by atoms with Crippen molar-refractivity contribution in [3.63, 3.8) is 0 Å². The van der Waals surface area contributed by atoms with Crippen LogP contribution >= 0.6 is 0 Å². The summed E-state index contributed by atoms with van der Waals surface area (Å²) in [4.78, 5) is 8.80. The van der Waals surface area contributed by atoms with E-state index in [2.05, 4.69) is 33.7 Å². The Balaban J connectivity index is 2.24. The van der Waals surface area contributed by atoms with Gasteiger partial charge in [-0.05, 0) is 20.3 Å². The molecule has 1 atom stereocenters. The molecule has 0 fully saturated rings. The van der Waals surface area contributed by atoms with Crippen molar-refractivity contribution in [2.45, 2.75) is 32.4 Å². The van der Waals surface area contributed by atoms with E-state index >= 15 is 0 Å². The Bertz CT molecular complexity index is 383. The molecule has 2 heterocycles. The molecule has 1 aliphatic heterocycles. The van der Waals surface area contributed by atoms with Crippen molar-refractivity contribution < 1.29 is 4.74 Å². The highest BCUT2D eigenvalue weighted by Gasteiger charge is 2.22. The SMILES string of the molecule is COCCC1NC=Nc2c1ncn2C(C)C. The zero-order valence-electron chi connectivity index (χ0n) is 9.97. The van der Waals surface area contributed by atoms with E-state index in [0.29, 0.717) is 6.04 Å². The Kier molecular flexibility index (Phi) is 3.24. The molecule has 0 saturated carbocycles. The lowest BCUT2D eigenvalue weighted by molar-refractivity contribution is 0.185. The largest absolute Gasteiger partial charge is 0.385 e. The van der Waals surface area contributed by atoms with Gasteiger partial charge in [-0.15, -0.1) is 0 Å². The Labute approximate surface area is 95.5 Å². The van der Waals surface area contributed by atoms with Crippen molar-refractivity contribution in [3.05, 3.63) is 12.0 Å². The number of imidazole rings is 1. The quantitative estimate of drug-likeness (QED) is 0.845. The fourth-order valence-electron chi connectivity index (χ4n) is 1.85. The summed E-state index contributed by atoms with van der Waals surface area (Å²) in [7, 11) is 1.71. The number of aliphatic imine (C=N–C) groups is 1. The van der Waals surface area contributed by atoms with Gasteiger partial charge in [0, 0.05) is 19.8 Å². The third kappa shape index (κ3) is 1.95. The molecule has 16 heavy (non-hydrogen) atoms. The summed E-state index contributed by atoms with van der Waals surface area (Å²) in [6, 6.07) is 0.599. The van der Waals surface area contributed by atoms with Crippen LogP contribution in [-0.4, -0.2) is 29.6 Å². The lowest BCUT2D eigenvalue weighted by atomic mass is 10.1. The molecule has 0 spiro atoms. The summed E-state index contributed by atoms with van der Waals surface area (Å²) in [6.45, 7) is 4.98. The van der Waals surface area contributed by atoms with E-state index in [4.69, 9.17) is 4.74 Å². The van der Waals surface area contributed by atoms with Crippen LogP contribution in [0.3, 0.4) is 0 Å². The Morgan fingerprint density at radius 2 is 2.38 bits per heavy atom. The topological polar surface area (TPSA) is 51.4 Å². The summed E-state index contributed by atoms with van der Waals surface area (Å²) in [6.07, 6.45) is 4.52. The minimum atomic E-state index is 0.215. The fourth-order valence-corrected chi connectivity index (χ4v) is 1.85. The number of fused-ring (bicyclic) bond motifs is 1. The summed E-state index contributed by atoms with van der Waals surface area (Å²) >= 11 is 0. The molecule has 0 amide bonds. The molecule has 0 bridgehead atoms. The molecule has 1 aliphatic rings. The van der Waals surface area contributed by atoms with Crippen molar-refractivity contribution in [3.8, 4) is 0 Å². The second-order valence-electron chi connectivity index (χ2n) is 4.21. The first-order chi connectivity index (χ1) is 7.74. The predicted molar refractivity (Wildman–Crippen MR) is 63.1 cm³/mol. The van der Waals surface area contributed by atoms with E-state index in [9.17, 15) is 0 Å². The zero-order valence-corrected chi connectivity index (χ0v) is 9.97. The van der Waals surface area contributed by atoms with Crippen LogP contribution in [0.4, 0.5) is 5.82 Å². The summed E-state index contributed by atoms with van der Waals surface area (Å²) in [5.41, 5.74) is 1.02. The monoisotopic (exact) mass is 222 g/mol.